The molecule has 0 spiro atoms. The Balaban J connectivity index is 1.52. The van der Waals surface area contributed by atoms with Gasteiger partial charge in [0.15, 0.2) is 0 Å². The van der Waals surface area contributed by atoms with E-state index in [1.807, 2.05) is 61.5 Å². The van der Waals surface area contributed by atoms with Crippen LogP contribution in [0.2, 0.25) is 0 Å². The molecule has 1 amide bonds. The molecule has 7 nitrogen and oxygen atoms in total. The van der Waals surface area contributed by atoms with E-state index < -0.39 is 0 Å². The van der Waals surface area contributed by atoms with E-state index in [1.165, 1.54) is 12.1 Å². The number of aryl methyl sites for hydroxylation is 1. The van der Waals surface area contributed by atoms with Crippen LogP contribution in [0.3, 0.4) is 0 Å². The van der Waals surface area contributed by atoms with Crippen LogP contribution in [-0.4, -0.2) is 20.4 Å². The minimum absolute atomic E-state index is 0.185. The summed E-state index contributed by atoms with van der Waals surface area (Å²) in [5.74, 6) is -0.314. The van der Waals surface area contributed by atoms with E-state index in [9.17, 15) is 9.59 Å². The SMILES string of the molecule is C=CC(=O)Nc1cc(-n2c(=O)ccc3cnc4ccc(Nc5ccc6ncccc6c5)cc4c32)ccc1C. The third-order valence-corrected chi connectivity index (χ3v) is 6.53. The summed E-state index contributed by atoms with van der Waals surface area (Å²) in [4.78, 5) is 34.3. The zero-order chi connectivity index (χ0) is 26.2. The monoisotopic (exact) mass is 497 g/mol. The second-order valence-corrected chi connectivity index (χ2v) is 9.03. The van der Waals surface area contributed by atoms with Gasteiger partial charge in [-0.15, -0.1) is 0 Å². The predicted molar refractivity (Wildman–Crippen MR) is 153 cm³/mol. The van der Waals surface area contributed by atoms with E-state index in [-0.39, 0.29) is 11.5 Å². The van der Waals surface area contributed by atoms with Crippen LogP contribution in [0.5, 0.6) is 0 Å². The quantitative estimate of drug-likeness (QED) is 0.217. The zero-order valence-corrected chi connectivity index (χ0v) is 20.6. The largest absolute Gasteiger partial charge is 0.355 e. The predicted octanol–water partition coefficient (Wildman–Crippen LogP) is 6.26. The van der Waals surface area contributed by atoms with Gasteiger partial charge in [-0.2, -0.15) is 0 Å². The van der Waals surface area contributed by atoms with E-state index in [0.29, 0.717) is 11.4 Å². The Kier molecular flexibility index (Phi) is 5.65. The maximum Gasteiger partial charge on any atom is 0.255 e. The van der Waals surface area contributed by atoms with Crippen molar-refractivity contribution in [2.45, 2.75) is 6.92 Å². The van der Waals surface area contributed by atoms with Crippen molar-refractivity contribution in [3.63, 3.8) is 0 Å². The number of aromatic nitrogens is 3. The van der Waals surface area contributed by atoms with Crippen LogP contribution in [0.4, 0.5) is 17.1 Å². The fraction of sp³-hybridized carbons (Fsp3) is 0.0323. The molecule has 0 fully saturated rings. The molecule has 7 heteroatoms. The fourth-order valence-electron chi connectivity index (χ4n) is 4.63. The molecular weight excluding hydrogens is 474 g/mol. The summed E-state index contributed by atoms with van der Waals surface area (Å²) >= 11 is 0. The normalized spacial score (nSPS) is 11.1. The number of hydrogen-bond donors (Lipinski definition) is 2. The molecule has 6 rings (SSSR count). The van der Waals surface area contributed by atoms with Gasteiger partial charge in [-0.25, -0.2) is 0 Å². The highest BCUT2D eigenvalue weighted by atomic mass is 16.1. The minimum Gasteiger partial charge on any atom is -0.355 e. The molecule has 184 valence electrons. The van der Waals surface area contributed by atoms with Gasteiger partial charge < -0.3 is 10.6 Å². The molecule has 38 heavy (non-hydrogen) atoms. The lowest BCUT2D eigenvalue weighted by atomic mass is 10.1. The van der Waals surface area contributed by atoms with Crippen molar-refractivity contribution in [2.24, 2.45) is 0 Å². The molecule has 0 atom stereocenters. The summed E-state index contributed by atoms with van der Waals surface area (Å²) in [6.07, 6.45) is 4.77. The van der Waals surface area contributed by atoms with Crippen LogP contribution < -0.4 is 16.2 Å². The van der Waals surface area contributed by atoms with Gasteiger partial charge in [-0.05, 0) is 79.2 Å². The fourth-order valence-corrected chi connectivity index (χ4v) is 4.63. The summed E-state index contributed by atoms with van der Waals surface area (Å²) in [6.45, 7) is 5.42. The van der Waals surface area contributed by atoms with Crippen molar-refractivity contribution in [1.82, 2.24) is 14.5 Å². The average molecular weight is 498 g/mol. The minimum atomic E-state index is -0.314. The van der Waals surface area contributed by atoms with Crippen LogP contribution in [0.25, 0.3) is 38.4 Å². The molecule has 6 aromatic rings. The Labute approximate surface area is 218 Å². The maximum absolute atomic E-state index is 13.3. The van der Waals surface area contributed by atoms with Crippen molar-refractivity contribution in [2.75, 3.05) is 10.6 Å². The first-order valence-corrected chi connectivity index (χ1v) is 12.1. The lowest BCUT2D eigenvalue weighted by Crippen LogP contribution is -2.18. The second-order valence-electron chi connectivity index (χ2n) is 9.03. The Morgan fingerprint density at radius 1 is 0.895 bits per heavy atom. The first-order chi connectivity index (χ1) is 18.5. The Hall–Kier alpha value is -5.30. The lowest BCUT2D eigenvalue weighted by molar-refractivity contribution is -0.111. The number of nitrogens with zero attached hydrogens (tertiary/aromatic N) is 3. The number of carbonyl (C=O) groups excluding carboxylic acids is 1. The number of rotatable bonds is 5. The van der Waals surface area contributed by atoms with E-state index in [2.05, 4.69) is 33.2 Å². The number of fused-ring (bicyclic) bond motifs is 4. The van der Waals surface area contributed by atoms with Gasteiger partial charge in [0.05, 0.1) is 22.2 Å². The highest BCUT2D eigenvalue weighted by molar-refractivity contribution is 6.05. The Morgan fingerprint density at radius 2 is 1.71 bits per heavy atom. The number of benzene rings is 3. The number of hydrogen-bond acceptors (Lipinski definition) is 5. The van der Waals surface area contributed by atoms with Gasteiger partial charge in [0.1, 0.15) is 0 Å². The van der Waals surface area contributed by atoms with Crippen molar-refractivity contribution < 1.29 is 4.79 Å². The standard InChI is InChI=1S/C31H23N5O2/c1-3-29(37)35-28-17-24(10-6-19(28)2)36-30(38)13-7-21-18-33-27-12-9-23(16-25(27)31(21)36)34-22-8-11-26-20(15-22)5-4-14-32-26/h3-18,34H,1H2,2H3,(H,35,37). The average Bonchev–Trinajstić information content (AvgIpc) is 2.94. The van der Waals surface area contributed by atoms with E-state index >= 15 is 0 Å². The Morgan fingerprint density at radius 3 is 2.55 bits per heavy atom. The maximum atomic E-state index is 13.3. The van der Waals surface area contributed by atoms with E-state index in [0.717, 1.165) is 49.6 Å². The number of nitrogens with one attached hydrogen (secondary N) is 2. The molecule has 0 aliphatic rings. The molecule has 0 radical (unpaired) electrons. The summed E-state index contributed by atoms with van der Waals surface area (Å²) < 4.78 is 1.66. The molecule has 0 bridgehead atoms. The molecule has 0 aliphatic heterocycles. The molecule has 0 unspecified atom stereocenters. The third-order valence-electron chi connectivity index (χ3n) is 6.53. The van der Waals surface area contributed by atoms with Crippen molar-refractivity contribution in [3.8, 4) is 5.69 Å². The number of amides is 1. The topological polar surface area (TPSA) is 88.9 Å². The smallest absolute Gasteiger partial charge is 0.255 e. The molecular formula is C31H23N5O2. The highest BCUT2D eigenvalue weighted by Gasteiger charge is 2.13. The van der Waals surface area contributed by atoms with Crippen LogP contribution in [-0.2, 0) is 4.79 Å². The molecule has 0 aliphatic carbocycles. The second kappa shape index (κ2) is 9.29. The van der Waals surface area contributed by atoms with Crippen molar-refractivity contribution in [1.29, 1.82) is 0 Å². The van der Waals surface area contributed by atoms with Crippen LogP contribution in [0.1, 0.15) is 5.56 Å². The van der Waals surface area contributed by atoms with Gasteiger partial charge in [0.25, 0.3) is 5.56 Å². The van der Waals surface area contributed by atoms with E-state index in [4.69, 9.17) is 0 Å². The number of carbonyl (C=O) groups is 1. The Bertz CT molecular complexity index is 1960. The molecule has 2 N–H and O–H groups in total. The van der Waals surface area contributed by atoms with Crippen molar-refractivity contribution >= 4 is 55.7 Å². The van der Waals surface area contributed by atoms with Gasteiger partial charge in [-0.1, -0.05) is 18.7 Å². The van der Waals surface area contributed by atoms with Crippen molar-refractivity contribution in [3.05, 3.63) is 120 Å². The van der Waals surface area contributed by atoms with Crippen LogP contribution in [0.15, 0.2) is 109 Å². The van der Waals surface area contributed by atoms with Gasteiger partial charge in [0, 0.05) is 51.7 Å². The number of anilines is 3. The van der Waals surface area contributed by atoms with E-state index in [1.54, 1.807) is 29.1 Å². The summed E-state index contributed by atoms with van der Waals surface area (Å²) in [6, 6.07) is 24.7. The summed E-state index contributed by atoms with van der Waals surface area (Å²) in [5.41, 5.74) is 6.16. The number of pyridine rings is 3. The van der Waals surface area contributed by atoms with Crippen LogP contribution in [0, 0.1) is 6.92 Å². The first-order valence-electron chi connectivity index (χ1n) is 12.1. The van der Waals surface area contributed by atoms with Gasteiger partial charge >= 0.3 is 0 Å². The molecule has 3 aromatic carbocycles. The lowest BCUT2D eigenvalue weighted by Gasteiger charge is -2.16. The zero-order valence-electron chi connectivity index (χ0n) is 20.6. The molecule has 0 saturated heterocycles. The van der Waals surface area contributed by atoms with Gasteiger partial charge in [-0.3, -0.25) is 24.1 Å². The summed E-state index contributed by atoms with van der Waals surface area (Å²) in [5, 5.41) is 8.98. The highest BCUT2D eigenvalue weighted by Crippen LogP contribution is 2.30. The first kappa shape index (κ1) is 23.1. The molecule has 3 heterocycles. The summed E-state index contributed by atoms with van der Waals surface area (Å²) in [7, 11) is 0. The van der Waals surface area contributed by atoms with Gasteiger partial charge in [0.2, 0.25) is 5.91 Å². The molecule has 3 aromatic heterocycles. The molecule has 0 saturated carbocycles. The third kappa shape index (κ3) is 4.16. The van der Waals surface area contributed by atoms with Crippen LogP contribution >= 0.6 is 0 Å².